The maximum absolute atomic E-state index is 13.8. The van der Waals surface area contributed by atoms with Gasteiger partial charge in [0.15, 0.2) is 0 Å². The van der Waals surface area contributed by atoms with Crippen molar-refractivity contribution in [2.45, 2.75) is 29.6 Å². The first-order valence-corrected chi connectivity index (χ1v) is 10.1. The number of fused-ring (bicyclic) bond motifs is 2. The molecule has 3 nitrogen and oxygen atoms in total. The molecular formula is C23H22N2OS. The second-order valence-corrected chi connectivity index (χ2v) is 7.58. The molecule has 0 atom stereocenters. The molecule has 1 aliphatic heterocycles. The molecule has 0 radical (unpaired) electrons. The summed E-state index contributed by atoms with van der Waals surface area (Å²) in [6.07, 6.45) is 2.01. The molecule has 4 heteroatoms. The maximum Gasteiger partial charge on any atom is 0.333 e. The Labute approximate surface area is 164 Å². The SMILES string of the molecule is CCCCN(C(=O)N1c2ccccc2Sc2ccccc21)c1ccccc1. The van der Waals surface area contributed by atoms with E-state index in [1.807, 2.05) is 76.5 Å². The number of unbranched alkanes of at least 4 members (excludes halogenated alkanes) is 1. The molecule has 0 unspecified atom stereocenters. The van der Waals surface area contributed by atoms with Crippen LogP contribution in [0.2, 0.25) is 0 Å². The number of benzene rings is 3. The summed E-state index contributed by atoms with van der Waals surface area (Å²) in [4.78, 5) is 19.7. The van der Waals surface area contributed by atoms with Crippen LogP contribution in [0.1, 0.15) is 19.8 Å². The van der Waals surface area contributed by atoms with Crippen LogP contribution >= 0.6 is 11.8 Å². The van der Waals surface area contributed by atoms with Crippen LogP contribution in [0.15, 0.2) is 88.7 Å². The van der Waals surface area contributed by atoms with E-state index in [1.165, 1.54) is 0 Å². The van der Waals surface area contributed by atoms with Crippen LogP contribution in [0.25, 0.3) is 0 Å². The lowest BCUT2D eigenvalue weighted by atomic mass is 10.2. The average molecular weight is 375 g/mol. The molecule has 1 aliphatic rings. The van der Waals surface area contributed by atoms with Crippen molar-refractivity contribution in [3.05, 3.63) is 78.9 Å². The Balaban J connectivity index is 1.80. The van der Waals surface area contributed by atoms with Crippen molar-refractivity contribution in [3.63, 3.8) is 0 Å². The highest BCUT2D eigenvalue weighted by molar-refractivity contribution is 7.99. The summed E-state index contributed by atoms with van der Waals surface area (Å²) >= 11 is 1.72. The zero-order valence-corrected chi connectivity index (χ0v) is 16.2. The standard InChI is InChI=1S/C23H22N2OS/c1-2-3-17-24(18-11-5-4-6-12-18)23(26)25-19-13-7-9-15-21(19)27-22-16-10-8-14-20(22)25/h4-16H,2-3,17H2,1H3. The lowest BCUT2D eigenvalue weighted by molar-refractivity contribution is 0.253. The normalized spacial score (nSPS) is 12.3. The number of hydrogen-bond donors (Lipinski definition) is 0. The molecule has 3 aromatic rings. The zero-order valence-electron chi connectivity index (χ0n) is 15.3. The maximum atomic E-state index is 13.8. The molecule has 0 N–H and O–H groups in total. The van der Waals surface area contributed by atoms with Gasteiger partial charge in [0, 0.05) is 22.0 Å². The molecule has 27 heavy (non-hydrogen) atoms. The minimum absolute atomic E-state index is 0.00477. The second-order valence-electron chi connectivity index (χ2n) is 6.50. The Kier molecular flexibility index (Phi) is 5.16. The van der Waals surface area contributed by atoms with Gasteiger partial charge < -0.3 is 0 Å². The summed E-state index contributed by atoms with van der Waals surface area (Å²) in [5.74, 6) is 0. The highest BCUT2D eigenvalue weighted by atomic mass is 32.2. The fourth-order valence-corrected chi connectivity index (χ4v) is 4.35. The quantitative estimate of drug-likeness (QED) is 0.506. The third-order valence-electron chi connectivity index (χ3n) is 4.66. The monoisotopic (exact) mass is 374 g/mol. The van der Waals surface area contributed by atoms with Gasteiger partial charge in [0.25, 0.3) is 0 Å². The van der Waals surface area contributed by atoms with Gasteiger partial charge in [0.05, 0.1) is 11.4 Å². The zero-order chi connectivity index (χ0) is 18.6. The molecular weight excluding hydrogens is 352 g/mol. The van der Waals surface area contributed by atoms with Gasteiger partial charge in [-0.1, -0.05) is 67.6 Å². The molecule has 0 aromatic heterocycles. The van der Waals surface area contributed by atoms with Gasteiger partial charge in [-0.3, -0.25) is 9.80 Å². The molecule has 0 spiro atoms. The number of hydrogen-bond acceptors (Lipinski definition) is 2. The number of rotatable bonds is 4. The van der Waals surface area contributed by atoms with Crippen molar-refractivity contribution in [1.29, 1.82) is 0 Å². The third-order valence-corrected chi connectivity index (χ3v) is 5.79. The summed E-state index contributed by atoms with van der Waals surface area (Å²) < 4.78 is 0. The number of para-hydroxylation sites is 3. The van der Waals surface area contributed by atoms with Crippen molar-refractivity contribution in [1.82, 2.24) is 0 Å². The minimum atomic E-state index is -0.00477. The van der Waals surface area contributed by atoms with Gasteiger partial charge in [-0.15, -0.1) is 0 Å². The first-order valence-electron chi connectivity index (χ1n) is 9.32. The van der Waals surface area contributed by atoms with Crippen molar-refractivity contribution in [2.24, 2.45) is 0 Å². The van der Waals surface area contributed by atoms with Crippen molar-refractivity contribution < 1.29 is 4.79 Å². The number of carbonyl (C=O) groups is 1. The van der Waals surface area contributed by atoms with E-state index in [9.17, 15) is 4.79 Å². The third kappa shape index (κ3) is 3.45. The van der Waals surface area contributed by atoms with Crippen LogP contribution in [0.3, 0.4) is 0 Å². The van der Waals surface area contributed by atoms with Gasteiger partial charge in [-0.25, -0.2) is 4.79 Å². The van der Waals surface area contributed by atoms with Crippen LogP contribution in [-0.4, -0.2) is 12.6 Å². The number of carbonyl (C=O) groups excluding carboxylic acids is 1. The van der Waals surface area contributed by atoms with Crippen molar-refractivity contribution in [2.75, 3.05) is 16.3 Å². The number of urea groups is 1. The summed E-state index contributed by atoms with van der Waals surface area (Å²) in [6.45, 7) is 2.85. The molecule has 3 aromatic carbocycles. The highest BCUT2D eigenvalue weighted by Gasteiger charge is 2.31. The largest absolute Gasteiger partial charge is 0.333 e. The molecule has 1 heterocycles. The van der Waals surface area contributed by atoms with E-state index in [0.29, 0.717) is 6.54 Å². The molecule has 0 fully saturated rings. The summed E-state index contributed by atoms with van der Waals surface area (Å²) in [5, 5.41) is 0. The van der Waals surface area contributed by atoms with E-state index in [4.69, 9.17) is 0 Å². The van der Waals surface area contributed by atoms with Crippen LogP contribution < -0.4 is 9.80 Å². The van der Waals surface area contributed by atoms with Gasteiger partial charge in [-0.2, -0.15) is 0 Å². The van der Waals surface area contributed by atoms with Gasteiger partial charge >= 0.3 is 6.03 Å². The molecule has 0 bridgehead atoms. The number of nitrogens with zero attached hydrogens (tertiary/aromatic N) is 2. The fourth-order valence-electron chi connectivity index (χ4n) is 3.29. The van der Waals surface area contributed by atoms with Crippen LogP contribution in [-0.2, 0) is 0 Å². The van der Waals surface area contributed by atoms with Crippen molar-refractivity contribution in [3.8, 4) is 0 Å². The predicted molar refractivity (Wildman–Crippen MR) is 113 cm³/mol. The lowest BCUT2D eigenvalue weighted by Crippen LogP contribution is -2.42. The molecule has 0 saturated heterocycles. The summed E-state index contributed by atoms with van der Waals surface area (Å²) in [5.41, 5.74) is 2.83. The van der Waals surface area contributed by atoms with E-state index in [0.717, 1.165) is 39.7 Å². The lowest BCUT2D eigenvalue weighted by Gasteiger charge is -2.35. The van der Waals surface area contributed by atoms with E-state index in [1.54, 1.807) is 11.8 Å². The topological polar surface area (TPSA) is 23.6 Å². The smallest absolute Gasteiger partial charge is 0.294 e. The second kappa shape index (κ2) is 7.89. The highest BCUT2D eigenvalue weighted by Crippen LogP contribution is 2.48. The van der Waals surface area contributed by atoms with E-state index in [-0.39, 0.29) is 6.03 Å². The summed E-state index contributed by atoms with van der Waals surface area (Å²) in [7, 11) is 0. The summed E-state index contributed by atoms with van der Waals surface area (Å²) in [6, 6.07) is 26.2. The van der Waals surface area contributed by atoms with Crippen LogP contribution in [0.5, 0.6) is 0 Å². The molecule has 4 rings (SSSR count). The Bertz CT molecular complexity index is 896. The van der Waals surface area contributed by atoms with E-state index < -0.39 is 0 Å². The van der Waals surface area contributed by atoms with Gasteiger partial charge in [-0.05, 0) is 42.8 Å². The van der Waals surface area contributed by atoms with Gasteiger partial charge in [0.2, 0.25) is 0 Å². The Hall–Kier alpha value is -2.72. The van der Waals surface area contributed by atoms with Gasteiger partial charge in [0.1, 0.15) is 0 Å². The first kappa shape index (κ1) is 17.7. The van der Waals surface area contributed by atoms with Crippen LogP contribution in [0, 0.1) is 0 Å². The predicted octanol–water partition coefficient (Wildman–Crippen LogP) is 6.72. The Morgan fingerprint density at radius 1 is 0.852 bits per heavy atom. The minimum Gasteiger partial charge on any atom is -0.294 e. The molecule has 0 aliphatic carbocycles. The first-order chi connectivity index (χ1) is 13.3. The van der Waals surface area contributed by atoms with E-state index >= 15 is 0 Å². The number of amides is 2. The number of anilines is 3. The van der Waals surface area contributed by atoms with E-state index in [2.05, 4.69) is 19.1 Å². The molecule has 0 saturated carbocycles. The molecule has 2 amide bonds. The Morgan fingerprint density at radius 3 is 2.00 bits per heavy atom. The van der Waals surface area contributed by atoms with Crippen molar-refractivity contribution >= 4 is 34.9 Å². The average Bonchev–Trinajstić information content (AvgIpc) is 2.73. The molecule has 136 valence electrons. The van der Waals surface area contributed by atoms with Crippen LogP contribution in [0.4, 0.5) is 21.9 Å². The fraction of sp³-hybridized carbons (Fsp3) is 0.174. The Morgan fingerprint density at radius 2 is 1.41 bits per heavy atom.